The monoisotopic (exact) mass is 511 g/mol. The van der Waals surface area contributed by atoms with E-state index in [2.05, 4.69) is 69.3 Å². The molecule has 1 aromatic carbocycles. The van der Waals surface area contributed by atoms with Crippen LogP contribution in [-0.4, -0.2) is 67.6 Å². The lowest BCUT2D eigenvalue weighted by Crippen LogP contribution is -2.50. The van der Waals surface area contributed by atoms with Crippen LogP contribution in [0.3, 0.4) is 0 Å². The molecular weight excluding hydrogens is 473 g/mol. The summed E-state index contributed by atoms with van der Waals surface area (Å²) in [4.78, 5) is 9.57. The number of nitrogens with zero attached hydrogens (tertiary/aromatic N) is 3. The largest absolute Gasteiger partial charge is 0.355 e. The van der Waals surface area contributed by atoms with Crippen LogP contribution in [0, 0.1) is 0 Å². The first-order valence-corrected chi connectivity index (χ1v) is 10.8. The summed E-state index contributed by atoms with van der Waals surface area (Å²) < 4.78 is 0. The van der Waals surface area contributed by atoms with Gasteiger partial charge in [0.1, 0.15) is 0 Å². The third-order valence-corrected chi connectivity index (χ3v) is 5.88. The molecule has 0 radical (unpaired) electrons. The molecule has 29 heavy (non-hydrogen) atoms. The summed E-state index contributed by atoms with van der Waals surface area (Å²) in [5.74, 6) is 0.949. The molecule has 2 aliphatic rings. The van der Waals surface area contributed by atoms with Crippen molar-refractivity contribution in [2.24, 2.45) is 4.99 Å². The van der Waals surface area contributed by atoms with Crippen molar-refractivity contribution < 1.29 is 0 Å². The van der Waals surface area contributed by atoms with Crippen molar-refractivity contribution in [3.63, 3.8) is 0 Å². The number of halogens is 1. The highest BCUT2D eigenvalue weighted by molar-refractivity contribution is 14.0. The molecular formula is C23H38IN5. The van der Waals surface area contributed by atoms with Gasteiger partial charge in [-0.15, -0.1) is 24.0 Å². The second kappa shape index (κ2) is 12.5. The number of guanidine groups is 1. The summed E-state index contributed by atoms with van der Waals surface area (Å²) in [6.45, 7) is 12.6. The minimum atomic E-state index is 0. The van der Waals surface area contributed by atoms with Gasteiger partial charge in [0.25, 0.3) is 0 Å². The standard InChI is InChI=1S/C23H37N5.HI/c1-19(2)17-27-14-11-21(12-15-27)26-23(24-3)25-16-22-10-7-13-28(22)18-20-8-5-4-6-9-20;/h4-6,8-9,21-22H,1,7,10-18H2,2-3H3,(H2,24,25,26);1H. The van der Waals surface area contributed by atoms with Crippen molar-refractivity contribution in [3.8, 4) is 0 Å². The fourth-order valence-electron chi connectivity index (χ4n) is 4.37. The van der Waals surface area contributed by atoms with Crippen molar-refractivity contribution in [2.45, 2.75) is 51.2 Å². The molecule has 0 aliphatic carbocycles. The van der Waals surface area contributed by atoms with E-state index >= 15 is 0 Å². The zero-order chi connectivity index (χ0) is 19.8. The minimum absolute atomic E-state index is 0. The average molecular weight is 511 g/mol. The summed E-state index contributed by atoms with van der Waals surface area (Å²) >= 11 is 0. The minimum Gasteiger partial charge on any atom is -0.355 e. The maximum Gasteiger partial charge on any atom is 0.191 e. The van der Waals surface area contributed by atoms with Gasteiger partial charge in [-0.25, -0.2) is 0 Å². The first-order chi connectivity index (χ1) is 13.6. The second-order valence-electron chi connectivity index (χ2n) is 8.36. The van der Waals surface area contributed by atoms with Crippen LogP contribution in [0.4, 0.5) is 0 Å². The van der Waals surface area contributed by atoms with E-state index in [9.17, 15) is 0 Å². The molecule has 0 spiro atoms. The van der Waals surface area contributed by atoms with Crippen LogP contribution in [-0.2, 0) is 6.54 Å². The molecule has 2 heterocycles. The Morgan fingerprint density at radius 1 is 1.14 bits per heavy atom. The molecule has 3 rings (SSSR count). The van der Waals surface area contributed by atoms with Gasteiger partial charge in [-0.1, -0.05) is 42.5 Å². The van der Waals surface area contributed by atoms with Crippen molar-refractivity contribution in [3.05, 3.63) is 48.0 Å². The van der Waals surface area contributed by atoms with Crippen LogP contribution < -0.4 is 10.6 Å². The molecule has 0 bridgehead atoms. The number of likely N-dealkylation sites (tertiary alicyclic amines) is 2. The lowest BCUT2D eigenvalue weighted by molar-refractivity contribution is 0.220. The first-order valence-electron chi connectivity index (χ1n) is 10.8. The first kappa shape index (κ1) is 24.2. The quantitative estimate of drug-likeness (QED) is 0.255. The van der Waals surface area contributed by atoms with Crippen molar-refractivity contribution >= 4 is 29.9 Å². The Morgan fingerprint density at radius 3 is 2.52 bits per heavy atom. The summed E-state index contributed by atoms with van der Waals surface area (Å²) in [5, 5.41) is 7.23. The molecule has 6 heteroatoms. The van der Waals surface area contributed by atoms with E-state index in [0.29, 0.717) is 12.1 Å². The molecule has 2 aliphatic heterocycles. The van der Waals surface area contributed by atoms with Gasteiger partial charge in [0.05, 0.1) is 0 Å². The summed E-state index contributed by atoms with van der Waals surface area (Å²) in [6.07, 6.45) is 4.87. The molecule has 2 N–H and O–H groups in total. The van der Waals surface area contributed by atoms with Gasteiger partial charge >= 0.3 is 0 Å². The molecule has 2 saturated heterocycles. The normalized spacial score (nSPS) is 21.6. The lowest BCUT2D eigenvalue weighted by atomic mass is 10.0. The number of benzene rings is 1. The third kappa shape index (κ3) is 7.90. The van der Waals surface area contributed by atoms with Crippen molar-refractivity contribution in [2.75, 3.05) is 39.8 Å². The van der Waals surface area contributed by atoms with Gasteiger partial charge in [-0.05, 0) is 44.7 Å². The van der Waals surface area contributed by atoms with E-state index < -0.39 is 0 Å². The van der Waals surface area contributed by atoms with Crippen LogP contribution in [0.15, 0.2) is 47.5 Å². The predicted molar refractivity (Wildman–Crippen MR) is 134 cm³/mol. The maximum atomic E-state index is 4.47. The Morgan fingerprint density at radius 2 is 1.86 bits per heavy atom. The van der Waals surface area contributed by atoms with Crippen LogP contribution in [0.25, 0.3) is 0 Å². The number of aliphatic imine (C=N–C) groups is 1. The maximum absolute atomic E-state index is 4.47. The zero-order valence-electron chi connectivity index (χ0n) is 18.1. The summed E-state index contributed by atoms with van der Waals surface area (Å²) in [7, 11) is 1.88. The number of piperidine rings is 1. The molecule has 162 valence electrons. The summed E-state index contributed by atoms with van der Waals surface area (Å²) in [6, 6.07) is 11.9. The highest BCUT2D eigenvalue weighted by Crippen LogP contribution is 2.19. The number of hydrogen-bond acceptors (Lipinski definition) is 3. The zero-order valence-corrected chi connectivity index (χ0v) is 20.4. The van der Waals surface area contributed by atoms with Crippen LogP contribution >= 0.6 is 24.0 Å². The molecule has 0 aromatic heterocycles. The molecule has 2 fully saturated rings. The third-order valence-electron chi connectivity index (χ3n) is 5.88. The van der Waals surface area contributed by atoms with E-state index in [1.54, 1.807) is 0 Å². The fourth-order valence-corrected chi connectivity index (χ4v) is 4.37. The smallest absolute Gasteiger partial charge is 0.191 e. The molecule has 1 aromatic rings. The van der Waals surface area contributed by atoms with Crippen LogP contribution in [0.2, 0.25) is 0 Å². The van der Waals surface area contributed by atoms with Crippen LogP contribution in [0.5, 0.6) is 0 Å². The van der Waals surface area contributed by atoms with Gasteiger partial charge in [-0.3, -0.25) is 14.8 Å². The molecule has 0 amide bonds. The average Bonchev–Trinajstić information content (AvgIpc) is 3.14. The van der Waals surface area contributed by atoms with E-state index in [1.165, 1.54) is 30.5 Å². The van der Waals surface area contributed by atoms with E-state index in [4.69, 9.17) is 0 Å². The van der Waals surface area contributed by atoms with E-state index in [0.717, 1.165) is 51.5 Å². The molecule has 1 unspecified atom stereocenters. The SMILES string of the molecule is C=C(C)CN1CCC(NC(=NC)NCC2CCCN2Cc2ccccc2)CC1.I. The summed E-state index contributed by atoms with van der Waals surface area (Å²) in [5.41, 5.74) is 2.65. The van der Waals surface area contributed by atoms with Crippen LogP contribution in [0.1, 0.15) is 38.2 Å². The van der Waals surface area contributed by atoms with Crippen molar-refractivity contribution in [1.29, 1.82) is 0 Å². The van der Waals surface area contributed by atoms with Gasteiger partial charge in [0.2, 0.25) is 0 Å². The highest BCUT2D eigenvalue weighted by atomic mass is 127. The Balaban J connectivity index is 0.00000300. The molecule has 1 atom stereocenters. The Hall–Kier alpha value is -1.12. The highest BCUT2D eigenvalue weighted by Gasteiger charge is 2.25. The Labute approximate surface area is 194 Å². The lowest BCUT2D eigenvalue weighted by Gasteiger charge is -2.33. The van der Waals surface area contributed by atoms with Gasteiger partial charge in [0.15, 0.2) is 5.96 Å². The second-order valence-corrected chi connectivity index (χ2v) is 8.36. The fraction of sp³-hybridized carbons (Fsp3) is 0.609. The Bertz CT molecular complexity index is 640. The van der Waals surface area contributed by atoms with Crippen molar-refractivity contribution in [1.82, 2.24) is 20.4 Å². The van der Waals surface area contributed by atoms with Gasteiger partial charge in [-0.2, -0.15) is 0 Å². The van der Waals surface area contributed by atoms with E-state index in [1.807, 2.05) is 7.05 Å². The number of hydrogen-bond donors (Lipinski definition) is 2. The van der Waals surface area contributed by atoms with Gasteiger partial charge in [0, 0.05) is 51.9 Å². The molecule has 0 saturated carbocycles. The topological polar surface area (TPSA) is 42.9 Å². The van der Waals surface area contributed by atoms with Gasteiger partial charge < -0.3 is 10.6 Å². The number of rotatable bonds is 7. The predicted octanol–water partition coefficient (Wildman–Crippen LogP) is 3.47. The molecule has 5 nitrogen and oxygen atoms in total. The van der Waals surface area contributed by atoms with E-state index in [-0.39, 0.29) is 24.0 Å². The Kier molecular flexibility index (Phi) is 10.4. The number of nitrogens with one attached hydrogen (secondary N) is 2.